The zero-order chi connectivity index (χ0) is 21.0. The number of morpholine rings is 1. The van der Waals surface area contributed by atoms with E-state index in [0.717, 1.165) is 80.6 Å². The van der Waals surface area contributed by atoms with Crippen LogP contribution >= 0.6 is 0 Å². The fraction of sp³-hybridized carbons (Fsp3) is 0.435. The number of pyridine rings is 1. The van der Waals surface area contributed by atoms with Gasteiger partial charge < -0.3 is 25.0 Å². The number of aromatic nitrogens is 3. The molecule has 31 heavy (non-hydrogen) atoms. The van der Waals surface area contributed by atoms with Crippen LogP contribution < -0.4 is 15.1 Å². The van der Waals surface area contributed by atoms with Crippen molar-refractivity contribution in [2.24, 2.45) is 5.92 Å². The Kier molecular flexibility index (Phi) is 5.82. The molecule has 8 nitrogen and oxygen atoms in total. The van der Waals surface area contributed by atoms with E-state index in [1.54, 1.807) is 6.20 Å². The molecule has 1 aromatic carbocycles. The van der Waals surface area contributed by atoms with E-state index in [-0.39, 0.29) is 6.61 Å². The van der Waals surface area contributed by atoms with Gasteiger partial charge in [0.15, 0.2) is 0 Å². The first kappa shape index (κ1) is 20.0. The minimum absolute atomic E-state index is 0.255. The lowest BCUT2D eigenvalue weighted by molar-refractivity contribution is 0.122. The van der Waals surface area contributed by atoms with E-state index in [2.05, 4.69) is 44.4 Å². The summed E-state index contributed by atoms with van der Waals surface area (Å²) >= 11 is 0. The van der Waals surface area contributed by atoms with Crippen molar-refractivity contribution in [3.05, 3.63) is 42.7 Å². The van der Waals surface area contributed by atoms with Gasteiger partial charge in [0.05, 0.1) is 24.1 Å². The molecule has 2 N–H and O–H groups in total. The van der Waals surface area contributed by atoms with Crippen LogP contribution in [0.2, 0.25) is 0 Å². The zero-order valence-electron chi connectivity index (χ0n) is 17.6. The van der Waals surface area contributed by atoms with Gasteiger partial charge in [0, 0.05) is 56.6 Å². The molecule has 2 fully saturated rings. The Balaban J connectivity index is 1.39. The summed E-state index contributed by atoms with van der Waals surface area (Å²) in [6.45, 7) is 5.36. The van der Waals surface area contributed by atoms with Crippen molar-refractivity contribution in [1.82, 2.24) is 15.0 Å². The fourth-order valence-electron chi connectivity index (χ4n) is 4.23. The van der Waals surface area contributed by atoms with Crippen molar-refractivity contribution in [3.63, 3.8) is 0 Å². The van der Waals surface area contributed by atoms with E-state index in [1.807, 2.05) is 12.3 Å². The largest absolute Gasteiger partial charge is 0.396 e. The number of piperidine rings is 1. The topological polar surface area (TPSA) is 86.6 Å². The lowest BCUT2D eigenvalue weighted by atomic mass is 9.98. The predicted molar refractivity (Wildman–Crippen MR) is 122 cm³/mol. The lowest BCUT2D eigenvalue weighted by Gasteiger charge is -2.31. The second-order valence-corrected chi connectivity index (χ2v) is 8.15. The average molecular weight is 421 g/mol. The Hall–Kier alpha value is -2.97. The number of nitrogens with one attached hydrogen (secondary N) is 1. The monoisotopic (exact) mass is 420 g/mol. The van der Waals surface area contributed by atoms with Gasteiger partial charge in [-0.15, -0.1) is 0 Å². The molecule has 2 aromatic heterocycles. The van der Waals surface area contributed by atoms with Crippen LogP contribution in [0.25, 0.3) is 10.9 Å². The molecule has 0 unspecified atom stereocenters. The van der Waals surface area contributed by atoms with Gasteiger partial charge in [-0.25, -0.2) is 4.98 Å². The number of aliphatic hydroxyl groups excluding tert-OH is 1. The van der Waals surface area contributed by atoms with Crippen molar-refractivity contribution in [1.29, 1.82) is 0 Å². The second kappa shape index (κ2) is 9.03. The first-order chi connectivity index (χ1) is 15.3. The number of nitrogens with zero attached hydrogens (tertiary/aromatic N) is 5. The highest BCUT2D eigenvalue weighted by molar-refractivity contribution is 5.91. The highest BCUT2D eigenvalue weighted by Crippen LogP contribution is 2.29. The van der Waals surface area contributed by atoms with Gasteiger partial charge >= 0.3 is 0 Å². The average Bonchev–Trinajstić information content (AvgIpc) is 2.85. The van der Waals surface area contributed by atoms with Crippen LogP contribution in [0.3, 0.4) is 0 Å². The Morgan fingerprint density at radius 2 is 1.74 bits per heavy atom. The SMILES string of the molecule is OCC1CCN(c2nc(Nc3ccc(N4CCOCC4)cc3)c3cnccc3n2)CC1. The van der Waals surface area contributed by atoms with Gasteiger partial charge in [-0.3, -0.25) is 4.98 Å². The van der Waals surface area contributed by atoms with Crippen LogP contribution in [0, 0.1) is 5.92 Å². The summed E-state index contributed by atoms with van der Waals surface area (Å²) in [4.78, 5) is 18.5. The molecule has 8 heteroatoms. The van der Waals surface area contributed by atoms with Crippen LogP contribution in [0.5, 0.6) is 0 Å². The maximum absolute atomic E-state index is 9.42. The van der Waals surface area contributed by atoms with Gasteiger partial charge in [0.25, 0.3) is 0 Å². The quantitative estimate of drug-likeness (QED) is 0.652. The smallest absolute Gasteiger partial charge is 0.227 e. The Bertz CT molecular complexity index is 1010. The second-order valence-electron chi connectivity index (χ2n) is 8.15. The van der Waals surface area contributed by atoms with Gasteiger partial charge in [0.2, 0.25) is 5.95 Å². The molecule has 0 amide bonds. The molecule has 2 aliphatic rings. The zero-order valence-corrected chi connectivity index (χ0v) is 17.6. The van der Waals surface area contributed by atoms with E-state index in [4.69, 9.17) is 14.7 Å². The summed E-state index contributed by atoms with van der Waals surface area (Å²) in [5.41, 5.74) is 3.05. The van der Waals surface area contributed by atoms with E-state index in [1.165, 1.54) is 5.69 Å². The highest BCUT2D eigenvalue weighted by Gasteiger charge is 2.21. The molecular weight excluding hydrogens is 392 g/mol. The number of ether oxygens (including phenoxy) is 1. The van der Waals surface area contributed by atoms with Gasteiger partial charge in [-0.2, -0.15) is 4.98 Å². The van der Waals surface area contributed by atoms with Crippen LogP contribution in [0.15, 0.2) is 42.7 Å². The number of hydrogen-bond acceptors (Lipinski definition) is 8. The molecule has 0 saturated carbocycles. The summed E-state index contributed by atoms with van der Waals surface area (Å²) in [5, 5.41) is 13.8. The molecule has 0 radical (unpaired) electrons. The Morgan fingerprint density at radius 1 is 0.968 bits per heavy atom. The summed E-state index contributed by atoms with van der Waals surface area (Å²) in [5.74, 6) is 1.86. The van der Waals surface area contributed by atoms with Crippen molar-refractivity contribution in [3.8, 4) is 0 Å². The normalized spacial score (nSPS) is 17.8. The third-order valence-electron chi connectivity index (χ3n) is 6.15. The summed E-state index contributed by atoms with van der Waals surface area (Å²) in [6.07, 6.45) is 5.49. The minimum atomic E-state index is 0.255. The van der Waals surface area contributed by atoms with Crippen molar-refractivity contribution >= 4 is 34.0 Å². The number of fused-ring (bicyclic) bond motifs is 1. The maximum Gasteiger partial charge on any atom is 0.227 e. The summed E-state index contributed by atoms with van der Waals surface area (Å²) in [6, 6.07) is 10.4. The molecule has 0 aliphatic carbocycles. The number of rotatable bonds is 5. The van der Waals surface area contributed by atoms with E-state index in [0.29, 0.717) is 5.92 Å². The van der Waals surface area contributed by atoms with Crippen molar-refractivity contribution in [2.45, 2.75) is 12.8 Å². The summed E-state index contributed by atoms with van der Waals surface area (Å²) < 4.78 is 5.45. The van der Waals surface area contributed by atoms with Crippen molar-refractivity contribution < 1.29 is 9.84 Å². The fourth-order valence-corrected chi connectivity index (χ4v) is 4.23. The molecule has 0 bridgehead atoms. The van der Waals surface area contributed by atoms with E-state index in [9.17, 15) is 5.11 Å². The van der Waals surface area contributed by atoms with E-state index >= 15 is 0 Å². The number of hydrogen-bond donors (Lipinski definition) is 2. The molecule has 2 aliphatic heterocycles. The van der Waals surface area contributed by atoms with Gasteiger partial charge in [0.1, 0.15) is 5.82 Å². The maximum atomic E-state index is 9.42. The molecular formula is C23H28N6O2. The summed E-state index contributed by atoms with van der Waals surface area (Å²) in [7, 11) is 0. The predicted octanol–water partition coefficient (Wildman–Crippen LogP) is 2.81. The number of benzene rings is 1. The molecule has 3 aromatic rings. The molecule has 5 rings (SSSR count). The number of anilines is 4. The molecule has 0 atom stereocenters. The van der Waals surface area contributed by atoms with E-state index < -0.39 is 0 Å². The first-order valence-electron chi connectivity index (χ1n) is 11.0. The third-order valence-corrected chi connectivity index (χ3v) is 6.15. The Labute approximate surface area is 181 Å². The number of aliphatic hydroxyl groups is 1. The van der Waals surface area contributed by atoms with Crippen LogP contribution in [-0.2, 0) is 4.74 Å². The Morgan fingerprint density at radius 3 is 2.48 bits per heavy atom. The lowest BCUT2D eigenvalue weighted by Crippen LogP contribution is -2.36. The van der Waals surface area contributed by atoms with Crippen LogP contribution in [-0.4, -0.2) is 66.1 Å². The van der Waals surface area contributed by atoms with Crippen molar-refractivity contribution in [2.75, 3.05) is 61.1 Å². The van der Waals surface area contributed by atoms with Crippen LogP contribution in [0.4, 0.5) is 23.1 Å². The molecule has 4 heterocycles. The van der Waals surface area contributed by atoms with Gasteiger partial charge in [-0.05, 0) is 49.1 Å². The minimum Gasteiger partial charge on any atom is -0.396 e. The highest BCUT2D eigenvalue weighted by atomic mass is 16.5. The first-order valence-corrected chi connectivity index (χ1v) is 11.0. The third kappa shape index (κ3) is 4.40. The molecule has 0 spiro atoms. The van der Waals surface area contributed by atoms with Crippen LogP contribution in [0.1, 0.15) is 12.8 Å². The standard InChI is InChI=1S/C23H28N6O2/c30-16-17-6-9-29(10-7-17)23-26-21-5-8-24-15-20(21)22(27-23)25-18-1-3-19(4-2-18)28-11-13-31-14-12-28/h1-5,8,15,17,30H,6-7,9-14,16H2,(H,25,26,27). The van der Waals surface area contributed by atoms with Gasteiger partial charge in [-0.1, -0.05) is 0 Å². The molecule has 162 valence electrons. The molecule has 2 saturated heterocycles.